The molecule has 10 nitrogen and oxygen atoms in total. The van der Waals surface area contributed by atoms with Gasteiger partial charge in [0.15, 0.2) is 0 Å². The zero-order valence-electron chi connectivity index (χ0n) is 17.5. The number of thiazole rings is 1. The van der Waals surface area contributed by atoms with Crippen LogP contribution >= 0.6 is 11.3 Å². The molecule has 0 saturated carbocycles. The highest BCUT2D eigenvalue weighted by atomic mass is 32.2. The summed E-state index contributed by atoms with van der Waals surface area (Å²) in [7, 11) is -3.07. The van der Waals surface area contributed by atoms with Crippen molar-refractivity contribution in [1.82, 2.24) is 10.3 Å². The quantitative estimate of drug-likeness (QED) is 0.394. The van der Waals surface area contributed by atoms with E-state index in [1.54, 1.807) is 38.3 Å². The van der Waals surface area contributed by atoms with Crippen molar-refractivity contribution in [3.05, 3.63) is 45.9 Å². The smallest absolute Gasteiger partial charge is 0.408 e. The van der Waals surface area contributed by atoms with Crippen LogP contribution in [0.1, 0.15) is 43.1 Å². The van der Waals surface area contributed by atoms with E-state index in [-0.39, 0.29) is 12.1 Å². The third-order valence-corrected chi connectivity index (χ3v) is 5.25. The highest BCUT2D eigenvalue weighted by Gasteiger charge is 2.23. The molecule has 1 amide bonds. The van der Waals surface area contributed by atoms with Crippen molar-refractivity contribution in [2.75, 3.05) is 11.8 Å². The third-order valence-electron chi connectivity index (χ3n) is 3.75. The first kappa shape index (κ1) is 24.6. The lowest BCUT2D eigenvalue weighted by Crippen LogP contribution is -2.35. The van der Waals surface area contributed by atoms with Crippen LogP contribution < -0.4 is 10.0 Å². The fourth-order valence-corrected chi connectivity index (χ4v) is 3.83. The summed E-state index contributed by atoms with van der Waals surface area (Å²) in [6.45, 7) is 5.25. The molecule has 1 aromatic carbocycles. The molecule has 0 aliphatic heterocycles. The Morgan fingerprint density at radius 1 is 1.23 bits per heavy atom. The van der Waals surface area contributed by atoms with Crippen molar-refractivity contribution >= 4 is 39.4 Å². The van der Waals surface area contributed by atoms with Crippen molar-refractivity contribution in [2.45, 2.75) is 45.3 Å². The van der Waals surface area contributed by atoms with E-state index in [2.05, 4.69) is 15.0 Å². The average Bonchev–Trinajstić information content (AvgIpc) is 3.08. The molecule has 1 heterocycles. The van der Waals surface area contributed by atoms with Gasteiger partial charge in [-0.15, -0.1) is 11.3 Å². The molecule has 31 heavy (non-hydrogen) atoms. The largest absolute Gasteiger partial charge is 0.469 e. The molecule has 0 fully saturated rings. The molecule has 0 unspecified atom stereocenters. The first-order valence-electron chi connectivity index (χ1n) is 9.19. The second-order valence-corrected chi connectivity index (χ2v) is 9.65. The number of nitrogens with zero attached hydrogens (tertiary/aromatic N) is 1. The molecule has 3 N–H and O–H groups in total. The van der Waals surface area contributed by atoms with Gasteiger partial charge in [0.05, 0.1) is 31.0 Å². The third kappa shape index (κ3) is 8.90. The number of aromatic nitrogens is 1. The summed E-state index contributed by atoms with van der Waals surface area (Å²) >= 11 is 1.29. The van der Waals surface area contributed by atoms with Gasteiger partial charge >= 0.3 is 22.4 Å². The van der Waals surface area contributed by atoms with Crippen LogP contribution in [0.4, 0.5) is 10.5 Å². The van der Waals surface area contributed by atoms with Crippen molar-refractivity contribution < 1.29 is 32.0 Å². The van der Waals surface area contributed by atoms with Crippen LogP contribution in [0, 0.1) is 0 Å². The molecular weight excluding hydrogens is 446 g/mol. The Labute approximate surface area is 184 Å². The van der Waals surface area contributed by atoms with Gasteiger partial charge in [0.1, 0.15) is 10.6 Å². The number of rotatable bonds is 8. The molecule has 2 aromatic rings. The molecule has 0 aliphatic carbocycles. The number of amides is 1. The van der Waals surface area contributed by atoms with Crippen LogP contribution in [0.2, 0.25) is 0 Å². The SMILES string of the molecule is COC(=O)Cc1csc([C@H](Cc2ccc(NS(=O)(=O)O)cc2)NC(=O)OC(C)(C)C)n1. The number of hydrogen-bond acceptors (Lipinski definition) is 8. The predicted octanol–water partition coefficient (Wildman–Crippen LogP) is 2.88. The standard InChI is InChI=1S/C19H25N3O7S2/c1-19(2,3)29-18(24)21-15(17-20-14(11-30-17)10-16(23)28-4)9-12-5-7-13(8-6-12)22-31(25,26)27/h5-8,11,15,22H,9-10H2,1-4H3,(H,21,24)(H,25,26,27)/t15-/m0/s1. The second-order valence-electron chi connectivity index (χ2n) is 7.61. The van der Waals surface area contributed by atoms with Crippen LogP contribution in [0.25, 0.3) is 0 Å². The van der Waals surface area contributed by atoms with E-state index < -0.39 is 34.0 Å². The lowest BCUT2D eigenvalue weighted by molar-refractivity contribution is -0.139. The predicted molar refractivity (Wildman–Crippen MR) is 115 cm³/mol. The highest BCUT2D eigenvalue weighted by molar-refractivity contribution is 7.87. The maximum absolute atomic E-state index is 12.3. The van der Waals surface area contributed by atoms with Gasteiger partial charge in [-0.25, -0.2) is 9.78 Å². The Hall–Kier alpha value is -2.70. The summed E-state index contributed by atoms with van der Waals surface area (Å²) in [5.74, 6) is -0.421. The Bertz CT molecular complexity index is 1010. The fourth-order valence-electron chi connectivity index (χ4n) is 2.53. The molecule has 1 atom stereocenters. The number of anilines is 1. The molecular formula is C19H25N3O7S2. The van der Waals surface area contributed by atoms with Crippen molar-refractivity contribution in [2.24, 2.45) is 0 Å². The Balaban J connectivity index is 2.21. The summed E-state index contributed by atoms with van der Waals surface area (Å²) in [4.78, 5) is 28.3. The molecule has 0 bridgehead atoms. The second kappa shape index (κ2) is 10.1. The van der Waals surface area contributed by atoms with E-state index in [0.717, 1.165) is 5.56 Å². The maximum Gasteiger partial charge on any atom is 0.408 e. The van der Waals surface area contributed by atoms with Crippen molar-refractivity contribution in [1.29, 1.82) is 0 Å². The monoisotopic (exact) mass is 471 g/mol. The van der Waals surface area contributed by atoms with Gasteiger partial charge < -0.3 is 14.8 Å². The molecule has 12 heteroatoms. The summed E-state index contributed by atoms with van der Waals surface area (Å²) in [6, 6.07) is 5.73. The van der Waals surface area contributed by atoms with Crippen LogP contribution in [-0.2, 0) is 37.4 Å². The van der Waals surface area contributed by atoms with Crippen molar-refractivity contribution in [3.63, 3.8) is 0 Å². The number of ether oxygens (including phenoxy) is 2. The number of nitrogens with one attached hydrogen (secondary N) is 2. The Morgan fingerprint density at radius 3 is 2.42 bits per heavy atom. The topological polar surface area (TPSA) is 144 Å². The van der Waals surface area contributed by atoms with Crippen LogP contribution in [0.3, 0.4) is 0 Å². The van der Waals surface area contributed by atoms with Gasteiger partial charge in [-0.1, -0.05) is 12.1 Å². The normalized spacial score (nSPS) is 12.7. The average molecular weight is 472 g/mol. The summed E-state index contributed by atoms with van der Waals surface area (Å²) in [6.07, 6.45) is -0.273. The molecule has 1 aromatic heterocycles. The zero-order valence-corrected chi connectivity index (χ0v) is 19.2. The van der Waals surface area contributed by atoms with E-state index in [4.69, 9.17) is 9.29 Å². The van der Waals surface area contributed by atoms with Gasteiger partial charge in [0.2, 0.25) is 0 Å². The van der Waals surface area contributed by atoms with Gasteiger partial charge in [-0.2, -0.15) is 8.42 Å². The fraction of sp³-hybridized carbons (Fsp3) is 0.421. The van der Waals surface area contributed by atoms with Crippen molar-refractivity contribution in [3.8, 4) is 0 Å². The van der Waals surface area contributed by atoms with E-state index in [0.29, 0.717) is 17.1 Å². The number of carbonyl (C=O) groups is 2. The molecule has 0 saturated heterocycles. The van der Waals surface area contributed by atoms with Gasteiger partial charge in [-0.3, -0.25) is 14.1 Å². The van der Waals surface area contributed by atoms with E-state index in [9.17, 15) is 18.0 Å². The summed E-state index contributed by atoms with van der Waals surface area (Å²) < 4.78 is 42.7. The minimum Gasteiger partial charge on any atom is -0.469 e. The van der Waals surface area contributed by atoms with Gasteiger partial charge in [0, 0.05) is 5.38 Å². The van der Waals surface area contributed by atoms with E-state index in [1.165, 1.54) is 30.6 Å². The number of alkyl carbamates (subject to hydrolysis) is 1. The number of carbonyl (C=O) groups excluding carboxylic acids is 2. The van der Waals surface area contributed by atoms with Crippen LogP contribution in [0.5, 0.6) is 0 Å². The zero-order chi connectivity index (χ0) is 23.2. The number of hydrogen-bond donors (Lipinski definition) is 3. The van der Waals surface area contributed by atoms with Gasteiger partial charge in [-0.05, 0) is 44.9 Å². The lowest BCUT2D eigenvalue weighted by Gasteiger charge is -2.23. The molecule has 0 radical (unpaired) electrons. The Kier molecular flexibility index (Phi) is 7.98. The highest BCUT2D eigenvalue weighted by Crippen LogP contribution is 2.24. The van der Waals surface area contributed by atoms with Crippen LogP contribution in [0.15, 0.2) is 29.6 Å². The summed E-state index contributed by atoms with van der Waals surface area (Å²) in [5.41, 5.74) is 0.802. The number of benzene rings is 1. The minimum absolute atomic E-state index is 0.0160. The van der Waals surface area contributed by atoms with E-state index in [1.807, 2.05) is 4.72 Å². The first-order valence-corrected chi connectivity index (χ1v) is 11.5. The molecule has 2 rings (SSSR count). The minimum atomic E-state index is -4.37. The number of methoxy groups -OCH3 is 1. The maximum atomic E-state index is 12.3. The van der Waals surface area contributed by atoms with Gasteiger partial charge in [0.25, 0.3) is 0 Å². The molecule has 0 aliphatic rings. The first-order chi connectivity index (χ1) is 14.3. The molecule has 170 valence electrons. The molecule has 0 spiro atoms. The Morgan fingerprint density at radius 2 is 1.87 bits per heavy atom. The van der Waals surface area contributed by atoms with E-state index >= 15 is 0 Å². The lowest BCUT2D eigenvalue weighted by atomic mass is 10.1. The number of esters is 1. The summed E-state index contributed by atoms with van der Waals surface area (Å²) in [5, 5.41) is 5.08. The van der Waals surface area contributed by atoms with Crippen LogP contribution in [-0.4, -0.2) is 42.7 Å².